The van der Waals surface area contributed by atoms with Gasteiger partial charge in [0.2, 0.25) is 0 Å². The van der Waals surface area contributed by atoms with Gasteiger partial charge in [0.25, 0.3) is 0 Å². The Morgan fingerprint density at radius 2 is 1.00 bits per heavy atom. The van der Waals surface area contributed by atoms with Crippen LogP contribution in [0.25, 0.3) is 0 Å². The van der Waals surface area contributed by atoms with Crippen molar-refractivity contribution in [3.05, 3.63) is 47.5 Å². The van der Waals surface area contributed by atoms with Crippen molar-refractivity contribution in [1.29, 1.82) is 0 Å². The molecule has 0 heterocycles. The molecule has 0 fully saturated rings. The van der Waals surface area contributed by atoms with E-state index >= 15 is 0 Å². The lowest BCUT2D eigenvalue weighted by Crippen LogP contribution is -1.99. The number of ether oxygens (including phenoxy) is 2. The highest BCUT2D eigenvalue weighted by molar-refractivity contribution is 7.99. The quantitative estimate of drug-likeness (QED) is 0.241. The molecule has 0 radical (unpaired) electrons. The van der Waals surface area contributed by atoms with Crippen LogP contribution in [0.15, 0.2) is 46.2 Å². The van der Waals surface area contributed by atoms with E-state index < -0.39 is 0 Å². The molecule has 0 spiro atoms. The number of aryl methyl sites for hydroxylation is 2. The van der Waals surface area contributed by atoms with Gasteiger partial charge in [-0.2, -0.15) is 0 Å². The van der Waals surface area contributed by atoms with Crippen molar-refractivity contribution in [3.63, 3.8) is 0 Å². The summed E-state index contributed by atoms with van der Waals surface area (Å²) in [5, 5.41) is 0. The Morgan fingerprint density at radius 1 is 0.581 bits per heavy atom. The van der Waals surface area contributed by atoms with E-state index in [4.69, 9.17) is 9.47 Å². The molecule has 0 saturated heterocycles. The first-order valence-corrected chi connectivity index (χ1v) is 13.1. The van der Waals surface area contributed by atoms with E-state index in [9.17, 15) is 0 Å². The molecule has 0 unspecified atom stereocenters. The average molecular weight is 443 g/mol. The first-order chi connectivity index (χ1) is 15.1. The van der Waals surface area contributed by atoms with E-state index in [0.29, 0.717) is 0 Å². The SMILES string of the molecule is CCCCCCCOc1ccc(Sc2ccc(OCCCCCCC)c(C)c2)cc1C. The molecule has 2 aromatic carbocycles. The maximum Gasteiger partial charge on any atom is 0.122 e. The van der Waals surface area contributed by atoms with Crippen LogP contribution in [0.4, 0.5) is 0 Å². The second-order valence-corrected chi connectivity index (χ2v) is 9.63. The van der Waals surface area contributed by atoms with Crippen LogP contribution < -0.4 is 9.47 Å². The lowest BCUT2D eigenvalue weighted by Gasteiger charge is -2.12. The molecule has 0 saturated carbocycles. The van der Waals surface area contributed by atoms with Crippen molar-refractivity contribution >= 4 is 11.8 Å². The molecule has 0 bridgehead atoms. The molecular weight excluding hydrogens is 400 g/mol. The second kappa shape index (κ2) is 15.2. The van der Waals surface area contributed by atoms with Crippen LogP contribution in [0, 0.1) is 13.8 Å². The Labute approximate surface area is 195 Å². The molecule has 2 rings (SSSR count). The standard InChI is InChI=1S/C28H42O2S/c1-5-7-9-11-13-19-29-27-17-15-25(21-23(27)3)31-26-16-18-28(24(4)22-26)30-20-14-12-10-8-6-2/h15-18,21-22H,5-14,19-20H2,1-4H3. The summed E-state index contributed by atoms with van der Waals surface area (Å²) in [6.45, 7) is 10.4. The number of hydrogen-bond acceptors (Lipinski definition) is 3. The third-order valence-electron chi connectivity index (χ3n) is 5.54. The third-order valence-corrected chi connectivity index (χ3v) is 6.52. The Bertz CT molecular complexity index is 693. The molecule has 0 aliphatic carbocycles. The summed E-state index contributed by atoms with van der Waals surface area (Å²) in [5.41, 5.74) is 2.41. The molecule has 172 valence electrons. The minimum Gasteiger partial charge on any atom is -0.493 e. The normalized spacial score (nSPS) is 11.0. The second-order valence-electron chi connectivity index (χ2n) is 8.48. The first kappa shape index (κ1) is 25.6. The Morgan fingerprint density at radius 3 is 1.39 bits per heavy atom. The van der Waals surface area contributed by atoms with Crippen LogP contribution >= 0.6 is 11.8 Å². The van der Waals surface area contributed by atoms with E-state index in [2.05, 4.69) is 64.1 Å². The van der Waals surface area contributed by atoms with Gasteiger partial charge in [0.15, 0.2) is 0 Å². The van der Waals surface area contributed by atoms with Gasteiger partial charge >= 0.3 is 0 Å². The largest absolute Gasteiger partial charge is 0.493 e. The summed E-state index contributed by atoms with van der Waals surface area (Å²) >= 11 is 1.80. The minimum atomic E-state index is 0.816. The molecule has 0 aliphatic heterocycles. The highest BCUT2D eigenvalue weighted by Crippen LogP contribution is 2.33. The third kappa shape index (κ3) is 10.0. The van der Waals surface area contributed by atoms with Gasteiger partial charge in [-0.25, -0.2) is 0 Å². The molecule has 0 amide bonds. The van der Waals surface area contributed by atoms with Gasteiger partial charge in [0.05, 0.1) is 13.2 Å². The smallest absolute Gasteiger partial charge is 0.122 e. The zero-order valence-electron chi connectivity index (χ0n) is 20.2. The minimum absolute atomic E-state index is 0.816. The molecule has 2 aromatic rings. The van der Waals surface area contributed by atoms with Gasteiger partial charge in [-0.1, -0.05) is 77.0 Å². The van der Waals surface area contributed by atoms with Crippen LogP contribution in [0.2, 0.25) is 0 Å². The Balaban J connectivity index is 1.80. The van der Waals surface area contributed by atoms with Crippen molar-refractivity contribution in [2.24, 2.45) is 0 Å². The van der Waals surface area contributed by atoms with E-state index in [-0.39, 0.29) is 0 Å². The number of unbranched alkanes of at least 4 members (excludes halogenated alkanes) is 8. The van der Waals surface area contributed by atoms with Gasteiger partial charge in [0, 0.05) is 9.79 Å². The average Bonchev–Trinajstić information content (AvgIpc) is 2.75. The molecule has 0 atom stereocenters. The maximum atomic E-state index is 6.00. The lowest BCUT2D eigenvalue weighted by molar-refractivity contribution is 0.302. The van der Waals surface area contributed by atoms with Crippen LogP contribution in [0.5, 0.6) is 11.5 Å². The van der Waals surface area contributed by atoms with Crippen molar-refractivity contribution in [2.75, 3.05) is 13.2 Å². The van der Waals surface area contributed by atoms with Crippen LogP contribution in [-0.2, 0) is 0 Å². The van der Waals surface area contributed by atoms with E-state index in [1.54, 1.807) is 11.8 Å². The molecular formula is C28H42O2S. The van der Waals surface area contributed by atoms with Gasteiger partial charge in [-0.3, -0.25) is 0 Å². The van der Waals surface area contributed by atoms with Crippen LogP contribution in [-0.4, -0.2) is 13.2 Å². The fraction of sp³-hybridized carbons (Fsp3) is 0.571. The fourth-order valence-corrected chi connectivity index (χ4v) is 4.62. The number of benzene rings is 2. The van der Waals surface area contributed by atoms with Crippen molar-refractivity contribution in [2.45, 2.75) is 102 Å². The van der Waals surface area contributed by atoms with Crippen LogP contribution in [0.1, 0.15) is 89.2 Å². The summed E-state index contributed by atoms with van der Waals surface area (Å²) in [4.78, 5) is 2.49. The van der Waals surface area contributed by atoms with Crippen molar-refractivity contribution in [1.82, 2.24) is 0 Å². The van der Waals surface area contributed by atoms with E-state index in [0.717, 1.165) is 37.6 Å². The number of hydrogen-bond donors (Lipinski definition) is 0. The lowest BCUT2D eigenvalue weighted by atomic mass is 10.2. The van der Waals surface area contributed by atoms with Crippen LogP contribution in [0.3, 0.4) is 0 Å². The highest BCUT2D eigenvalue weighted by atomic mass is 32.2. The molecule has 31 heavy (non-hydrogen) atoms. The van der Waals surface area contributed by atoms with Crippen molar-refractivity contribution in [3.8, 4) is 11.5 Å². The fourth-order valence-electron chi connectivity index (χ4n) is 3.61. The monoisotopic (exact) mass is 442 g/mol. The Kier molecular flexibility index (Phi) is 12.6. The molecule has 0 aliphatic rings. The van der Waals surface area contributed by atoms with E-state index in [1.165, 1.54) is 72.3 Å². The molecule has 0 aromatic heterocycles. The predicted molar refractivity (Wildman–Crippen MR) is 135 cm³/mol. The zero-order valence-corrected chi connectivity index (χ0v) is 21.0. The first-order valence-electron chi connectivity index (χ1n) is 12.3. The van der Waals surface area contributed by atoms with Gasteiger partial charge < -0.3 is 9.47 Å². The molecule has 3 heteroatoms. The summed E-state index contributed by atoms with van der Waals surface area (Å²) in [6.07, 6.45) is 12.7. The van der Waals surface area contributed by atoms with Gasteiger partial charge in [-0.15, -0.1) is 0 Å². The van der Waals surface area contributed by atoms with Gasteiger partial charge in [-0.05, 0) is 74.2 Å². The summed E-state index contributed by atoms with van der Waals surface area (Å²) < 4.78 is 12.0. The summed E-state index contributed by atoms with van der Waals surface area (Å²) in [6, 6.07) is 13.0. The van der Waals surface area contributed by atoms with Crippen molar-refractivity contribution < 1.29 is 9.47 Å². The number of rotatable bonds is 16. The zero-order chi connectivity index (χ0) is 22.3. The Hall–Kier alpha value is -1.61. The topological polar surface area (TPSA) is 18.5 Å². The molecule has 2 nitrogen and oxygen atoms in total. The predicted octanol–water partition coefficient (Wildman–Crippen LogP) is 9.15. The maximum absolute atomic E-state index is 6.00. The summed E-state index contributed by atoms with van der Waals surface area (Å²) in [7, 11) is 0. The van der Waals surface area contributed by atoms with E-state index in [1.807, 2.05) is 0 Å². The highest BCUT2D eigenvalue weighted by Gasteiger charge is 2.06. The summed E-state index contributed by atoms with van der Waals surface area (Å²) in [5.74, 6) is 2.03. The van der Waals surface area contributed by atoms with Gasteiger partial charge in [0.1, 0.15) is 11.5 Å². The molecule has 0 N–H and O–H groups in total.